The molecule has 5 aromatic carbocycles. The topological polar surface area (TPSA) is 43.9 Å². The van der Waals surface area contributed by atoms with Crippen molar-refractivity contribution < 1.29 is 32.7 Å². The minimum Gasteiger partial charge on any atom is -0.557 e. The summed E-state index contributed by atoms with van der Waals surface area (Å²) in [7, 11) is 0. The van der Waals surface area contributed by atoms with E-state index in [1.165, 1.54) is 63.5 Å². The zero-order valence-corrected chi connectivity index (χ0v) is 33.1. The van der Waals surface area contributed by atoms with Crippen molar-refractivity contribution in [3.05, 3.63) is 161 Å². The predicted molar refractivity (Wildman–Crippen MR) is 216 cm³/mol. The zero-order valence-electron chi connectivity index (χ0n) is 36.7. The van der Waals surface area contributed by atoms with Gasteiger partial charge >= 0.3 is 0 Å². The van der Waals surface area contributed by atoms with Gasteiger partial charge in [-0.3, -0.25) is 4.98 Å². The van der Waals surface area contributed by atoms with E-state index in [-0.39, 0.29) is 31.2 Å². The van der Waals surface area contributed by atoms with Crippen molar-refractivity contribution in [1.82, 2.24) is 14.5 Å². The minimum atomic E-state index is -2.18. The van der Waals surface area contributed by atoms with Crippen LogP contribution in [-0.2, 0) is 20.1 Å². The summed E-state index contributed by atoms with van der Waals surface area (Å²) in [6.45, 7) is 9.05. The molecule has 0 bridgehead atoms. The largest absolute Gasteiger partial charge is 0.557 e. The first kappa shape index (κ1) is 30.4. The molecule has 5 heteroatoms. The van der Waals surface area contributed by atoms with Gasteiger partial charge in [-0.05, 0) is 89.3 Å². The van der Waals surface area contributed by atoms with E-state index in [2.05, 4.69) is 142 Å². The summed E-state index contributed by atoms with van der Waals surface area (Å²) in [6.07, 6.45) is 4.55. The number of hydrogen-bond acceptors (Lipinski definition) is 3. The van der Waals surface area contributed by atoms with Gasteiger partial charge in [0.2, 0.25) is 0 Å². The fraction of sp³-hybridized carbons (Fsp3) is 0.208. The van der Waals surface area contributed by atoms with Crippen LogP contribution in [0.5, 0.6) is 0 Å². The van der Waals surface area contributed by atoms with Crippen molar-refractivity contribution in [1.29, 1.82) is 0 Å². The maximum absolute atomic E-state index is 7.28. The standard InChI is InChI=1S/C35H33N2O.C13H12N.Ir/c1-21(2)26-13-10-14-27(22(3)4)34(26)37-31-16-8-7-15-30(31)36-35(37)29-20-38-32-18-17-25(19-28(29)32)33-23(5)11-9-12-24(33)6;1-10-3-6-12(7-4-10)13-8-5-11(2)9-14-13;/h7-19,21-22H,1-6H3;3-6,8-9H,1-2H3;/q2*-1;/i;1D3,2D3;. The van der Waals surface area contributed by atoms with Crippen LogP contribution in [0.15, 0.2) is 120 Å². The van der Waals surface area contributed by atoms with Gasteiger partial charge in [-0.1, -0.05) is 124 Å². The molecule has 3 aromatic heterocycles. The molecular weight excluding hydrogens is 827 g/mol. The Hall–Kier alpha value is -5.09. The van der Waals surface area contributed by atoms with E-state index in [4.69, 9.17) is 17.6 Å². The number of para-hydroxylation sites is 3. The van der Waals surface area contributed by atoms with Gasteiger partial charge in [-0.25, -0.2) is 0 Å². The number of imidazole rings is 1. The molecule has 269 valence electrons. The number of hydrogen-bond donors (Lipinski definition) is 0. The average Bonchev–Trinajstić information content (AvgIpc) is 3.78. The first-order valence-corrected chi connectivity index (χ1v) is 17.6. The second-order valence-corrected chi connectivity index (χ2v) is 13.8. The van der Waals surface area contributed by atoms with E-state index in [1.807, 2.05) is 0 Å². The second kappa shape index (κ2) is 15.9. The van der Waals surface area contributed by atoms with Crippen molar-refractivity contribution in [3.8, 4) is 39.5 Å². The van der Waals surface area contributed by atoms with Gasteiger partial charge in [0.1, 0.15) is 0 Å². The summed E-state index contributed by atoms with van der Waals surface area (Å²) in [5.74, 6) is 1.58. The molecular formula is C48H45IrN3O-2. The Labute approximate surface area is 335 Å². The third-order valence-electron chi connectivity index (χ3n) is 9.48. The van der Waals surface area contributed by atoms with Crippen molar-refractivity contribution >= 4 is 22.0 Å². The fourth-order valence-corrected chi connectivity index (χ4v) is 6.89. The van der Waals surface area contributed by atoms with Crippen molar-refractivity contribution in [2.24, 2.45) is 0 Å². The molecule has 0 amide bonds. The monoisotopic (exact) mass is 878 g/mol. The van der Waals surface area contributed by atoms with Crippen LogP contribution in [0.25, 0.3) is 61.5 Å². The van der Waals surface area contributed by atoms with Crippen LogP contribution in [0.1, 0.15) is 81.1 Å². The third kappa shape index (κ3) is 7.55. The number of aromatic nitrogens is 3. The number of benzene rings is 5. The third-order valence-corrected chi connectivity index (χ3v) is 9.48. The molecule has 0 aliphatic heterocycles. The van der Waals surface area contributed by atoms with Crippen LogP contribution in [0.4, 0.5) is 0 Å². The van der Waals surface area contributed by atoms with Gasteiger partial charge in [-0.15, -0.1) is 35.4 Å². The minimum absolute atomic E-state index is 0. The Kier molecular flexibility index (Phi) is 9.10. The second-order valence-electron chi connectivity index (χ2n) is 13.8. The van der Waals surface area contributed by atoms with E-state index in [0.717, 1.165) is 33.4 Å². The quantitative estimate of drug-likeness (QED) is 0.156. The summed E-state index contributed by atoms with van der Waals surface area (Å²) in [6, 6.07) is 38.4. The molecule has 8 rings (SSSR count). The normalized spacial score (nSPS) is 13.4. The van der Waals surface area contributed by atoms with Gasteiger partial charge in [-0.2, -0.15) is 0 Å². The first-order chi connectivity index (χ1) is 27.5. The van der Waals surface area contributed by atoms with Crippen LogP contribution in [-0.4, -0.2) is 14.5 Å². The Morgan fingerprint density at radius 2 is 1.45 bits per heavy atom. The van der Waals surface area contributed by atoms with Crippen molar-refractivity contribution in [3.63, 3.8) is 0 Å². The zero-order chi connectivity index (χ0) is 41.5. The number of aryl methyl sites for hydroxylation is 4. The van der Waals surface area contributed by atoms with E-state index >= 15 is 0 Å². The first-order valence-electron chi connectivity index (χ1n) is 20.6. The molecule has 53 heavy (non-hydrogen) atoms. The summed E-state index contributed by atoms with van der Waals surface area (Å²) >= 11 is 0. The number of rotatable bonds is 6. The molecule has 0 atom stereocenters. The molecule has 0 saturated heterocycles. The van der Waals surface area contributed by atoms with E-state index < -0.39 is 13.7 Å². The molecule has 8 aromatic rings. The molecule has 0 spiro atoms. The van der Waals surface area contributed by atoms with Crippen molar-refractivity contribution in [2.75, 3.05) is 0 Å². The van der Waals surface area contributed by atoms with Crippen LogP contribution in [0, 0.1) is 39.9 Å². The number of pyridine rings is 1. The molecule has 0 aliphatic rings. The van der Waals surface area contributed by atoms with E-state index in [9.17, 15) is 0 Å². The van der Waals surface area contributed by atoms with Crippen LogP contribution in [0.2, 0.25) is 0 Å². The molecule has 1 radical (unpaired) electrons. The molecule has 3 heterocycles. The molecule has 0 unspecified atom stereocenters. The average molecular weight is 878 g/mol. The van der Waals surface area contributed by atoms with Crippen LogP contribution < -0.4 is 0 Å². The predicted octanol–water partition coefficient (Wildman–Crippen LogP) is 12.9. The van der Waals surface area contributed by atoms with Gasteiger partial charge in [0.05, 0.1) is 16.9 Å². The summed E-state index contributed by atoms with van der Waals surface area (Å²) < 4.78 is 52.0. The van der Waals surface area contributed by atoms with Gasteiger partial charge in [0.25, 0.3) is 0 Å². The smallest absolute Gasteiger partial charge is 0.0774 e. The SMILES string of the molecule is Cc1cccc(C)c1-c1ccc2o[c-]c(-c3nc4ccccc4n3-c3c(C(C)C)cccc3C(C)C)c2c1.[2H]C([2H])([2H])c1c[c-]c(-c2ccc(C([2H])([2H])[2H])cn2)cc1.[Ir]. The summed E-state index contributed by atoms with van der Waals surface area (Å²) in [4.78, 5) is 9.27. The van der Waals surface area contributed by atoms with Crippen molar-refractivity contribution in [2.45, 2.75) is 67.1 Å². The van der Waals surface area contributed by atoms with Gasteiger partial charge < -0.3 is 14.0 Å². The van der Waals surface area contributed by atoms with Crippen LogP contribution >= 0.6 is 0 Å². The number of furan rings is 1. The maximum Gasteiger partial charge on any atom is 0.0774 e. The number of fused-ring (bicyclic) bond motifs is 2. The molecule has 0 N–H and O–H groups in total. The Bertz CT molecular complexity index is 2620. The summed E-state index contributed by atoms with van der Waals surface area (Å²) in [5.41, 5.74) is 14.1. The fourth-order valence-electron chi connectivity index (χ4n) is 6.89. The molecule has 0 saturated carbocycles. The van der Waals surface area contributed by atoms with Crippen LogP contribution in [0.3, 0.4) is 0 Å². The number of nitrogens with zero attached hydrogens (tertiary/aromatic N) is 3. The van der Waals surface area contributed by atoms with E-state index in [0.29, 0.717) is 23.1 Å². The Morgan fingerprint density at radius 1 is 0.755 bits per heavy atom. The molecule has 0 fully saturated rings. The van der Waals surface area contributed by atoms with Gasteiger partial charge in [0.15, 0.2) is 0 Å². The molecule has 4 nitrogen and oxygen atoms in total. The maximum atomic E-state index is 7.28. The molecule has 0 aliphatic carbocycles. The Morgan fingerprint density at radius 3 is 2.09 bits per heavy atom. The van der Waals surface area contributed by atoms with Gasteiger partial charge in [0, 0.05) is 52.1 Å². The Balaban J connectivity index is 0.000000236. The summed E-state index contributed by atoms with van der Waals surface area (Å²) in [5, 5.41) is 1.02. The van der Waals surface area contributed by atoms with E-state index in [1.54, 1.807) is 12.1 Å².